The molecule has 0 unspecified atom stereocenters. The maximum atomic E-state index is 13.5. The molecule has 0 saturated heterocycles. The van der Waals surface area contributed by atoms with Crippen LogP contribution in [0.4, 0.5) is 5.95 Å². The van der Waals surface area contributed by atoms with Gasteiger partial charge in [0.2, 0.25) is 16.0 Å². The van der Waals surface area contributed by atoms with Crippen molar-refractivity contribution < 1.29 is 22.6 Å². The smallest absolute Gasteiger partial charge is 0.240 e. The van der Waals surface area contributed by atoms with Crippen molar-refractivity contribution in [2.45, 2.75) is 44.6 Å². The Morgan fingerprint density at radius 1 is 1.23 bits per heavy atom. The molecule has 12 heteroatoms. The predicted octanol–water partition coefficient (Wildman–Crippen LogP) is 2.92. The standard InChI is InChI=1S/C23H30N6O5S/c1-5-10-33-20(21-24-11-15(2)12-25-21)16(3)35(30,31)28-23-27-26-22-18-8-6-7-9-19(18)34-14-17(13-32-4)29(22)23/h6-9,11-12,16-17,20H,5,10,13-14H2,1-4H3,(H,27,28)/t16-,17+,20+/m0/s1. The Morgan fingerprint density at radius 3 is 2.69 bits per heavy atom. The molecule has 0 bridgehead atoms. The second-order valence-electron chi connectivity index (χ2n) is 8.40. The lowest BCUT2D eigenvalue weighted by atomic mass is 10.2. The van der Waals surface area contributed by atoms with Crippen LogP contribution in [0.1, 0.15) is 43.8 Å². The lowest BCUT2D eigenvalue weighted by molar-refractivity contribution is 0.0466. The molecule has 1 aromatic carbocycles. The second kappa shape index (κ2) is 10.7. The second-order valence-corrected chi connectivity index (χ2v) is 10.4. The fourth-order valence-corrected chi connectivity index (χ4v) is 4.95. The highest BCUT2D eigenvalue weighted by atomic mass is 32.2. The third-order valence-electron chi connectivity index (χ3n) is 5.69. The molecule has 3 aromatic rings. The summed E-state index contributed by atoms with van der Waals surface area (Å²) in [4.78, 5) is 8.63. The number of ether oxygens (including phenoxy) is 3. The van der Waals surface area contributed by atoms with Crippen LogP contribution in [0.3, 0.4) is 0 Å². The fraction of sp³-hybridized carbons (Fsp3) is 0.478. The van der Waals surface area contributed by atoms with E-state index < -0.39 is 21.4 Å². The van der Waals surface area contributed by atoms with Gasteiger partial charge in [0.05, 0.1) is 18.2 Å². The van der Waals surface area contributed by atoms with E-state index in [-0.39, 0.29) is 25.2 Å². The van der Waals surface area contributed by atoms with Gasteiger partial charge < -0.3 is 14.2 Å². The first-order valence-corrected chi connectivity index (χ1v) is 13.0. The SMILES string of the molecule is CCCO[C@@H](c1ncc(C)cn1)[C@H](C)S(=O)(=O)Nc1nnc2n1[C@H](COC)COc1ccccc1-2. The predicted molar refractivity (Wildman–Crippen MR) is 130 cm³/mol. The number of nitrogens with one attached hydrogen (secondary N) is 1. The summed E-state index contributed by atoms with van der Waals surface area (Å²) >= 11 is 0. The van der Waals surface area contributed by atoms with E-state index in [9.17, 15) is 8.42 Å². The molecule has 0 saturated carbocycles. The molecule has 0 aliphatic carbocycles. The largest absolute Gasteiger partial charge is 0.491 e. The van der Waals surface area contributed by atoms with Crippen LogP contribution in [0, 0.1) is 6.92 Å². The Bertz CT molecular complexity index is 1250. The van der Waals surface area contributed by atoms with Gasteiger partial charge in [-0.1, -0.05) is 19.1 Å². The number of benzene rings is 1. The molecule has 4 rings (SSSR count). The van der Waals surface area contributed by atoms with Gasteiger partial charge in [-0.15, -0.1) is 10.2 Å². The van der Waals surface area contributed by atoms with Crippen LogP contribution in [0.15, 0.2) is 36.7 Å². The van der Waals surface area contributed by atoms with Crippen molar-refractivity contribution in [2.24, 2.45) is 0 Å². The summed E-state index contributed by atoms with van der Waals surface area (Å²) in [5, 5.41) is 7.46. The molecule has 0 radical (unpaired) electrons. The summed E-state index contributed by atoms with van der Waals surface area (Å²) in [5.41, 5.74) is 1.59. The van der Waals surface area contributed by atoms with Crippen molar-refractivity contribution in [3.05, 3.63) is 48.0 Å². The number of aryl methyl sites for hydroxylation is 1. The van der Waals surface area contributed by atoms with Crippen molar-refractivity contribution >= 4 is 16.0 Å². The van der Waals surface area contributed by atoms with Gasteiger partial charge in [-0.25, -0.2) is 18.4 Å². The van der Waals surface area contributed by atoms with E-state index in [1.165, 1.54) is 0 Å². The minimum absolute atomic E-state index is 0.0771. The molecule has 1 aliphatic rings. The summed E-state index contributed by atoms with van der Waals surface area (Å²) in [7, 11) is -2.42. The number of anilines is 1. The Hall–Kier alpha value is -3.09. The van der Waals surface area contributed by atoms with Gasteiger partial charge >= 0.3 is 0 Å². The van der Waals surface area contributed by atoms with Crippen molar-refractivity contribution in [3.63, 3.8) is 0 Å². The molecule has 0 fully saturated rings. The molecule has 3 atom stereocenters. The molecule has 1 N–H and O–H groups in total. The first-order valence-electron chi connectivity index (χ1n) is 11.4. The van der Waals surface area contributed by atoms with Crippen LogP contribution < -0.4 is 9.46 Å². The van der Waals surface area contributed by atoms with Crippen LogP contribution in [-0.4, -0.2) is 65.3 Å². The number of para-hydroxylation sites is 1. The van der Waals surface area contributed by atoms with Gasteiger partial charge in [0.25, 0.3) is 0 Å². The molecule has 188 valence electrons. The highest BCUT2D eigenvalue weighted by molar-refractivity contribution is 7.93. The van der Waals surface area contributed by atoms with E-state index in [1.807, 2.05) is 38.1 Å². The van der Waals surface area contributed by atoms with E-state index in [4.69, 9.17) is 14.2 Å². The maximum absolute atomic E-state index is 13.5. The number of hydrogen-bond acceptors (Lipinski definition) is 9. The third-order valence-corrected chi connectivity index (χ3v) is 7.38. The number of methoxy groups -OCH3 is 1. The number of aromatic nitrogens is 5. The zero-order valence-electron chi connectivity index (χ0n) is 20.2. The Labute approximate surface area is 204 Å². The molecular weight excluding hydrogens is 472 g/mol. The van der Waals surface area contributed by atoms with Gasteiger partial charge in [-0.05, 0) is 38.0 Å². The first-order chi connectivity index (χ1) is 16.9. The highest BCUT2D eigenvalue weighted by Gasteiger charge is 2.36. The van der Waals surface area contributed by atoms with Crippen molar-refractivity contribution in [2.75, 3.05) is 31.7 Å². The van der Waals surface area contributed by atoms with Crippen LogP contribution in [0.25, 0.3) is 11.4 Å². The van der Waals surface area contributed by atoms with Crippen molar-refractivity contribution in [1.29, 1.82) is 0 Å². The maximum Gasteiger partial charge on any atom is 0.240 e. The van der Waals surface area contributed by atoms with E-state index in [0.29, 0.717) is 29.6 Å². The first kappa shape index (κ1) is 25.0. The average molecular weight is 503 g/mol. The molecule has 0 spiro atoms. The number of nitrogens with zero attached hydrogens (tertiary/aromatic N) is 5. The van der Waals surface area contributed by atoms with Gasteiger partial charge in [-0.3, -0.25) is 9.29 Å². The van der Waals surface area contributed by atoms with Crippen LogP contribution in [-0.2, 0) is 19.5 Å². The molecule has 2 aromatic heterocycles. The van der Waals surface area contributed by atoms with Gasteiger partial charge in [0.15, 0.2) is 11.6 Å². The lowest BCUT2D eigenvalue weighted by Crippen LogP contribution is -2.35. The number of rotatable bonds is 10. The quantitative estimate of drug-likeness (QED) is 0.444. The summed E-state index contributed by atoms with van der Waals surface area (Å²) in [6, 6.07) is 7.08. The highest BCUT2D eigenvalue weighted by Crippen LogP contribution is 2.36. The minimum Gasteiger partial charge on any atom is -0.491 e. The lowest BCUT2D eigenvalue weighted by Gasteiger charge is -2.24. The molecular formula is C23H30N6O5S. The number of fused-ring (bicyclic) bond motifs is 3. The van der Waals surface area contributed by atoms with Crippen LogP contribution in [0.2, 0.25) is 0 Å². The van der Waals surface area contributed by atoms with Crippen LogP contribution >= 0.6 is 0 Å². The third kappa shape index (κ3) is 5.29. The molecule has 35 heavy (non-hydrogen) atoms. The van der Waals surface area contributed by atoms with E-state index >= 15 is 0 Å². The summed E-state index contributed by atoms with van der Waals surface area (Å²) in [6.45, 7) is 6.29. The van der Waals surface area contributed by atoms with E-state index in [1.54, 1.807) is 31.0 Å². The zero-order valence-corrected chi connectivity index (χ0v) is 21.0. The Balaban J connectivity index is 1.69. The average Bonchev–Trinajstić information content (AvgIpc) is 3.18. The topological polar surface area (TPSA) is 130 Å². The Kier molecular flexibility index (Phi) is 7.63. The van der Waals surface area contributed by atoms with Gasteiger partial charge in [0, 0.05) is 26.1 Å². The van der Waals surface area contributed by atoms with Crippen LogP contribution in [0.5, 0.6) is 5.75 Å². The molecule has 3 heterocycles. The number of hydrogen-bond donors (Lipinski definition) is 1. The summed E-state index contributed by atoms with van der Waals surface area (Å²) in [6.07, 6.45) is 3.14. The Morgan fingerprint density at radius 2 is 1.97 bits per heavy atom. The summed E-state index contributed by atoms with van der Waals surface area (Å²) in [5.74, 6) is 1.52. The molecule has 1 aliphatic heterocycles. The molecule has 11 nitrogen and oxygen atoms in total. The van der Waals surface area contributed by atoms with E-state index in [2.05, 4.69) is 24.9 Å². The zero-order chi connectivity index (χ0) is 25.0. The van der Waals surface area contributed by atoms with Crippen molar-refractivity contribution in [1.82, 2.24) is 24.7 Å². The molecule has 0 amide bonds. The summed E-state index contributed by atoms with van der Waals surface area (Å²) < 4.78 is 48.6. The fourth-order valence-electron chi connectivity index (χ4n) is 3.84. The van der Waals surface area contributed by atoms with Gasteiger partial charge in [-0.2, -0.15) is 0 Å². The number of sulfonamides is 1. The minimum atomic E-state index is -3.99. The van der Waals surface area contributed by atoms with Crippen molar-refractivity contribution in [3.8, 4) is 17.1 Å². The van der Waals surface area contributed by atoms with E-state index in [0.717, 1.165) is 12.0 Å². The normalized spacial score (nSPS) is 17.0. The monoisotopic (exact) mass is 502 g/mol. The van der Waals surface area contributed by atoms with Gasteiger partial charge in [0.1, 0.15) is 23.7 Å².